The van der Waals surface area contributed by atoms with E-state index in [4.69, 9.17) is 10.7 Å². The van der Waals surface area contributed by atoms with E-state index in [1.165, 1.54) is 5.56 Å². The molecule has 2 aromatic carbocycles. The molecular weight excluding hydrogens is 296 g/mol. The van der Waals surface area contributed by atoms with Gasteiger partial charge in [0.15, 0.2) is 0 Å². The summed E-state index contributed by atoms with van der Waals surface area (Å²) in [5.41, 5.74) is 10.4. The van der Waals surface area contributed by atoms with Crippen LogP contribution >= 0.6 is 23.1 Å². The summed E-state index contributed by atoms with van der Waals surface area (Å²) >= 11 is 3.43. The van der Waals surface area contributed by atoms with Gasteiger partial charge < -0.3 is 5.73 Å². The molecule has 0 amide bonds. The fraction of sp³-hybridized carbons (Fsp3) is 0.118. The van der Waals surface area contributed by atoms with E-state index < -0.39 is 0 Å². The minimum atomic E-state index is 0.844. The van der Waals surface area contributed by atoms with Gasteiger partial charge in [-0.05, 0) is 18.6 Å². The van der Waals surface area contributed by atoms with Crippen molar-refractivity contribution in [3.05, 3.63) is 65.2 Å². The van der Waals surface area contributed by atoms with Crippen LogP contribution in [0.25, 0.3) is 10.6 Å². The van der Waals surface area contributed by atoms with Crippen molar-refractivity contribution in [2.24, 2.45) is 0 Å². The summed E-state index contributed by atoms with van der Waals surface area (Å²) in [6.45, 7) is 2.04. The van der Waals surface area contributed by atoms with Gasteiger partial charge >= 0.3 is 0 Å². The Morgan fingerprint density at radius 3 is 2.71 bits per heavy atom. The summed E-state index contributed by atoms with van der Waals surface area (Å²) in [6, 6.07) is 16.4. The van der Waals surface area contributed by atoms with Gasteiger partial charge in [0.2, 0.25) is 0 Å². The molecule has 0 bridgehead atoms. The number of aryl methyl sites for hydroxylation is 1. The molecule has 2 N–H and O–H groups in total. The lowest BCUT2D eigenvalue weighted by Gasteiger charge is -2.06. The van der Waals surface area contributed by atoms with Crippen LogP contribution in [0.2, 0.25) is 0 Å². The fourth-order valence-corrected chi connectivity index (χ4v) is 3.89. The lowest BCUT2D eigenvalue weighted by molar-refractivity contribution is 1.23. The first kappa shape index (κ1) is 14.2. The third kappa shape index (κ3) is 3.28. The second kappa shape index (κ2) is 6.33. The molecule has 2 nitrogen and oxygen atoms in total. The van der Waals surface area contributed by atoms with E-state index in [0.717, 1.165) is 32.6 Å². The summed E-state index contributed by atoms with van der Waals surface area (Å²) in [7, 11) is 0. The molecule has 106 valence electrons. The van der Waals surface area contributed by atoms with Crippen molar-refractivity contribution in [2.75, 3.05) is 5.73 Å². The number of para-hydroxylation sites is 1. The Hall–Kier alpha value is -1.78. The zero-order valence-corrected chi connectivity index (χ0v) is 13.4. The van der Waals surface area contributed by atoms with E-state index in [2.05, 4.69) is 23.6 Å². The number of nitrogens with two attached hydrogens (primary N) is 1. The van der Waals surface area contributed by atoms with Crippen molar-refractivity contribution in [3.8, 4) is 10.6 Å². The van der Waals surface area contributed by atoms with Gasteiger partial charge in [-0.25, -0.2) is 4.98 Å². The molecule has 0 saturated heterocycles. The minimum Gasteiger partial charge on any atom is -0.398 e. The largest absolute Gasteiger partial charge is 0.398 e. The fourth-order valence-electron chi connectivity index (χ4n) is 2.02. The second-order valence-electron chi connectivity index (χ2n) is 4.79. The molecule has 0 unspecified atom stereocenters. The topological polar surface area (TPSA) is 38.9 Å². The van der Waals surface area contributed by atoms with Crippen LogP contribution < -0.4 is 5.73 Å². The molecular formula is C17H16N2S2. The van der Waals surface area contributed by atoms with Gasteiger partial charge in [0.05, 0.1) is 5.69 Å². The quantitative estimate of drug-likeness (QED) is 0.544. The molecule has 0 fully saturated rings. The van der Waals surface area contributed by atoms with E-state index in [9.17, 15) is 0 Å². The highest BCUT2D eigenvalue weighted by molar-refractivity contribution is 7.98. The van der Waals surface area contributed by atoms with E-state index in [-0.39, 0.29) is 0 Å². The van der Waals surface area contributed by atoms with Gasteiger partial charge in [0.25, 0.3) is 0 Å². The molecule has 3 aromatic rings. The van der Waals surface area contributed by atoms with Gasteiger partial charge in [0, 0.05) is 27.3 Å². The number of thiazole rings is 1. The predicted octanol–water partition coefficient (Wildman–Crippen LogP) is 4.99. The van der Waals surface area contributed by atoms with Gasteiger partial charge in [-0.15, -0.1) is 23.1 Å². The molecule has 3 rings (SSSR count). The maximum Gasteiger partial charge on any atom is 0.123 e. The maximum atomic E-state index is 6.10. The molecule has 1 heterocycles. The molecule has 0 atom stereocenters. The number of aromatic nitrogens is 1. The smallest absolute Gasteiger partial charge is 0.123 e. The number of hydrogen-bond acceptors (Lipinski definition) is 4. The third-order valence-corrected chi connectivity index (χ3v) is 5.28. The summed E-state index contributed by atoms with van der Waals surface area (Å²) in [6.07, 6.45) is 0. The first-order chi connectivity index (χ1) is 10.2. The van der Waals surface area contributed by atoms with Crippen LogP contribution in [0.5, 0.6) is 0 Å². The van der Waals surface area contributed by atoms with Crippen LogP contribution in [0.1, 0.15) is 11.3 Å². The van der Waals surface area contributed by atoms with E-state index in [1.807, 2.05) is 37.3 Å². The minimum absolute atomic E-state index is 0.844. The molecule has 4 heteroatoms. The molecule has 0 aliphatic carbocycles. The maximum absolute atomic E-state index is 6.10. The predicted molar refractivity (Wildman–Crippen MR) is 92.7 cm³/mol. The van der Waals surface area contributed by atoms with E-state index in [1.54, 1.807) is 23.1 Å². The number of rotatable bonds is 4. The lowest BCUT2D eigenvalue weighted by atomic mass is 10.2. The Labute approximate surface area is 133 Å². The highest BCUT2D eigenvalue weighted by Gasteiger charge is 2.07. The Morgan fingerprint density at radius 2 is 1.90 bits per heavy atom. The zero-order valence-electron chi connectivity index (χ0n) is 11.7. The number of nitrogens with zero attached hydrogens (tertiary/aromatic N) is 1. The molecule has 21 heavy (non-hydrogen) atoms. The van der Waals surface area contributed by atoms with Gasteiger partial charge in [-0.1, -0.05) is 42.5 Å². The molecule has 0 aliphatic heterocycles. The van der Waals surface area contributed by atoms with Crippen molar-refractivity contribution in [1.82, 2.24) is 4.98 Å². The van der Waals surface area contributed by atoms with Gasteiger partial charge in [0.1, 0.15) is 5.01 Å². The average molecular weight is 312 g/mol. The van der Waals surface area contributed by atoms with E-state index >= 15 is 0 Å². The van der Waals surface area contributed by atoms with Crippen LogP contribution in [0.3, 0.4) is 0 Å². The standard InChI is InChI=1S/C17H16N2S2/c1-12-6-5-9-15(16(12)18)20-10-14-11-21-17(19-14)13-7-3-2-4-8-13/h2-9,11H,10,18H2,1H3. The summed E-state index contributed by atoms with van der Waals surface area (Å²) in [5.74, 6) is 0.844. The number of thioether (sulfide) groups is 1. The molecule has 0 aliphatic rings. The highest BCUT2D eigenvalue weighted by Crippen LogP contribution is 2.31. The normalized spacial score (nSPS) is 10.7. The van der Waals surface area contributed by atoms with Crippen molar-refractivity contribution >= 4 is 28.8 Å². The Kier molecular flexibility index (Phi) is 4.27. The van der Waals surface area contributed by atoms with Crippen molar-refractivity contribution in [2.45, 2.75) is 17.6 Å². The van der Waals surface area contributed by atoms with Crippen molar-refractivity contribution in [1.29, 1.82) is 0 Å². The van der Waals surface area contributed by atoms with Crippen LogP contribution in [-0.2, 0) is 5.75 Å². The summed E-state index contributed by atoms with van der Waals surface area (Å²) < 4.78 is 0. The zero-order chi connectivity index (χ0) is 14.7. The monoisotopic (exact) mass is 312 g/mol. The van der Waals surface area contributed by atoms with Crippen LogP contribution in [0.15, 0.2) is 58.8 Å². The first-order valence-corrected chi connectivity index (χ1v) is 8.58. The van der Waals surface area contributed by atoms with Crippen molar-refractivity contribution < 1.29 is 0 Å². The second-order valence-corrected chi connectivity index (χ2v) is 6.66. The number of benzene rings is 2. The molecule has 0 saturated carbocycles. The van der Waals surface area contributed by atoms with Gasteiger partial charge in [-0.3, -0.25) is 0 Å². The average Bonchev–Trinajstić information content (AvgIpc) is 2.99. The van der Waals surface area contributed by atoms with Crippen LogP contribution in [0.4, 0.5) is 5.69 Å². The number of nitrogen functional groups attached to an aromatic ring is 1. The SMILES string of the molecule is Cc1cccc(SCc2csc(-c3ccccc3)n2)c1N. The lowest BCUT2D eigenvalue weighted by Crippen LogP contribution is -1.92. The highest BCUT2D eigenvalue weighted by atomic mass is 32.2. The van der Waals surface area contributed by atoms with Crippen LogP contribution in [-0.4, -0.2) is 4.98 Å². The molecule has 0 radical (unpaired) electrons. The summed E-state index contributed by atoms with van der Waals surface area (Å²) in [4.78, 5) is 5.83. The Bertz CT molecular complexity index is 736. The Morgan fingerprint density at radius 1 is 1.10 bits per heavy atom. The first-order valence-electron chi connectivity index (χ1n) is 6.72. The van der Waals surface area contributed by atoms with Crippen LogP contribution in [0, 0.1) is 6.92 Å². The van der Waals surface area contributed by atoms with Crippen molar-refractivity contribution in [3.63, 3.8) is 0 Å². The third-order valence-electron chi connectivity index (χ3n) is 3.23. The molecule has 1 aromatic heterocycles. The number of anilines is 1. The summed E-state index contributed by atoms with van der Waals surface area (Å²) in [5, 5.41) is 3.20. The Balaban J connectivity index is 1.72. The van der Waals surface area contributed by atoms with E-state index in [0.29, 0.717) is 0 Å². The molecule has 0 spiro atoms. The number of hydrogen-bond donors (Lipinski definition) is 1. The van der Waals surface area contributed by atoms with Gasteiger partial charge in [-0.2, -0.15) is 0 Å².